The number of nitrogens with zero attached hydrogens (tertiary/aromatic N) is 4. The SMILES string of the molecule is CN(C(=O)c1cnn(-c2ccc(F)cc2)n1)C1CCNCC1. The van der Waals surface area contributed by atoms with Gasteiger partial charge in [-0.2, -0.15) is 9.90 Å². The van der Waals surface area contributed by atoms with E-state index in [0.717, 1.165) is 25.9 Å². The van der Waals surface area contributed by atoms with E-state index in [0.29, 0.717) is 11.4 Å². The van der Waals surface area contributed by atoms with E-state index in [1.165, 1.54) is 23.1 Å². The van der Waals surface area contributed by atoms with E-state index in [9.17, 15) is 9.18 Å². The molecule has 1 aliphatic rings. The third-order valence-electron chi connectivity index (χ3n) is 3.95. The van der Waals surface area contributed by atoms with Crippen LogP contribution < -0.4 is 5.32 Å². The normalized spacial score (nSPS) is 15.7. The zero-order chi connectivity index (χ0) is 15.5. The molecule has 0 aliphatic carbocycles. The van der Waals surface area contributed by atoms with Crippen LogP contribution in [0.4, 0.5) is 4.39 Å². The highest BCUT2D eigenvalue weighted by atomic mass is 19.1. The fourth-order valence-electron chi connectivity index (χ4n) is 2.60. The summed E-state index contributed by atoms with van der Waals surface area (Å²) in [5, 5.41) is 11.6. The first kappa shape index (κ1) is 14.6. The minimum absolute atomic E-state index is 0.139. The van der Waals surface area contributed by atoms with E-state index < -0.39 is 0 Å². The average Bonchev–Trinajstić information content (AvgIpc) is 3.05. The number of rotatable bonds is 3. The highest BCUT2D eigenvalue weighted by Gasteiger charge is 2.24. The first-order valence-corrected chi connectivity index (χ1v) is 7.31. The molecule has 1 N–H and O–H groups in total. The molecule has 2 aromatic rings. The predicted molar refractivity (Wildman–Crippen MR) is 79.3 cm³/mol. The molecule has 1 fully saturated rings. The van der Waals surface area contributed by atoms with Crippen molar-refractivity contribution in [1.82, 2.24) is 25.2 Å². The number of aromatic nitrogens is 3. The molecular weight excluding hydrogens is 285 g/mol. The lowest BCUT2D eigenvalue weighted by Crippen LogP contribution is -2.44. The molecule has 0 saturated carbocycles. The van der Waals surface area contributed by atoms with Crippen LogP contribution in [0.3, 0.4) is 0 Å². The third kappa shape index (κ3) is 2.99. The van der Waals surface area contributed by atoms with Crippen molar-refractivity contribution in [2.45, 2.75) is 18.9 Å². The monoisotopic (exact) mass is 303 g/mol. The van der Waals surface area contributed by atoms with E-state index in [-0.39, 0.29) is 17.8 Å². The number of amides is 1. The molecule has 0 unspecified atom stereocenters. The van der Waals surface area contributed by atoms with Gasteiger partial charge in [0.25, 0.3) is 5.91 Å². The molecule has 6 nitrogen and oxygen atoms in total. The topological polar surface area (TPSA) is 63.1 Å². The average molecular weight is 303 g/mol. The molecule has 0 radical (unpaired) electrons. The predicted octanol–water partition coefficient (Wildman–Crippen LogP) is 1.23. The summed E-state index contributed by atoms with van der Waals surface area (Å²) < 4.78 is 12.9. The summed E-state index contributed by atoms with van der Waals surface area (Å²) in [5.74, 6) is -0.460. The van der Waals surface area contributed by atoms with Crippen LogP contribution in [0.2, 0.25) is 0 Å². The van der Waals surface area contributed by atoms with Crippen LogP contribution in [-0.4, -0.2) is 52.0 Å². The molecule has 22 heavy (non-hydrogen) atoms. The Morgan fingerprint density at radius 1 is 1.32 bits per heavy atom. The fourth-order valence-corrected chi connectivity index (χ4v) is 2.60. The standard InChI is InChI=1S/C15H18FN5O/c1-20(12-6-8-17-9-7-12)15(22)14-10-18-21(19-14)13-4-2-11(16)3-5-13/h2-5,10,12,17H,6-9H2,1H3. The van der Waals surface area contributed by atoms with Crippen LogP contribution >= 0.6 is 0 Å². The van der Waals surface area contributed by atoms with E-state index in [1.54, 1.807) is 24.1 Å². The Labute approximate surface area is 127 Å². The van der Waals surface area contributed by atoms with Gasteiger partial charge in [-0.3, -0.25) is 4.79 Å². The smallest absolute Gasteiger partial charge is 0.276 e. The molecule has 0 atom stereocenters. The van der Waals surface area contributed by atoms with Crippen molar-refractivity contribution < 1.29 is 9.18 Å². The number of hydrogen-bond donors (Lipinski definition) is 1. The van der Waals surface area contributed by atoms with Crippen LogP contribution in [0, 0.1) is 5.82 Å². The Morgan fingerprint density at radius 2 is 2.00 bits per heavy atom. The van der Waals surface area contributed by atoms with Gasteiger partial charge in [0.05, 0.1) is 11.9 Å². The number of carbonyl (C=O) groups excluding carboxylic acids is 1. The van der Waals surface area contributed by atoms with Crippen molar-refractivity contribution in [2.24, 2.45) is 0 Å². The van der Waals surface area contributed by atoms with E-state index in [2.05, 4.69) is 15.5 Å². The summed E-state index contributed by atoms with van der Waals surface area (Å²) in [4.78, 5) is 15.5. The van der Waals surface area contributed by atoms with E-state index in [1.807, 2.05) is 0 Å². The Hall–Kier alpha value is -2.28. The molecule has 1 saturated heterocycles. The quantitative estimate of drug-likeness (QED) is 0.926. The van der Waals surface area contributed by atoms with Gasteiger partial charge in [0.15, 0.2) is 5.69 Å². The van der Waals surface area contributed by atoms with Crippen LogP contribution in [-0.2, 0) is 0 Å². The Morgan fingerprint density at radius 3 is 2.68 bits per heavy atom. The summed E-state index contributed by atoms with van der Waals surface area (Å²) in [6.45, 7) is 1.84. The van der Waals surface area contributed by atoms with Gasteiger partial charge < -0.3 is 10.2 Å². The second-order valence-corrected chi connectivity index (χ2v) is 5.39. The summed E-state index contributed by atoms with van der Waals surface area (Å²) in [7, 11) is 1.80. The van der Waals surface area contributed by atoms with Crippen molar-refractivity contribution in [1.29, 1.82) is 0 Å². The number of halogens is 1. The summed E-state index contributed by atoms with van der Waals surface area (Å²) >= 11 is 0. The Balaban J connectivity index is 1.75. The number of hydrogen-bond acceptors (Lipinski definition) is 4. The lowest BCUT2D eigenvalue weighted by molar-refractivity contribution is 0.0697. The molecule has 7 heteroatoms. The first-order chi connectivity index (χ1) is 10.6. The molecule has 1 aromatic carbocycles. The van der Waals surface area contributed by atoms with Crippen LogP contribution in [0.5, 0.6) is 0 Å². The van der Waals surface area contributed by atoms with E-state index >= 15 is 0 Å². The second-order valence-electron chi connectivity index (χ2n) is 5.39. The molecular formula is C15H18FN5O. The largest absolute Gasteiger partial charge is 0.337 e. The third-order valence-corrected chi connectivity index (χ3v) is 3.95. The molecule has 1 aliphatic heterocycles. The molecule has 1 amide bonds. The highest BCUT2D eigenvalue weighted by Crippen LogP contribution is 2.13. The maximum absolute atomic E-state index is 12.9. The molecule has 0 bridgehead atoms. The van der Waals surface area contributed by atoms with Gasteiger partial charge >= 0.3 is 0 Å². The number of nitrogens with one attached hydrogen (secondary N) is 1. The Kier molecular flexibility index (Phi) is 4.15. The van der Waals surface area contributed by atoms with Crippen molar-refractivity contribution in [2.75, 3.05) is 20.1 Å². The van der Waals surface area contributed by atoms with Crippen molar-refractivity contribution in [3.8, 4) is 5.69 Å². The molecule has 1 aromatic heterocycles. The van der Waals surface area contributed by atoms with Gasteiger partial charge in [0.1, 0.15) is 5.82 Å². The molecule has 0 spiro atoms. The summed E-state index contributed by atoms with van der Waals surface area (Å²) in [5.41, 5.74) is 0.912. The summed E-state index contributed by atoms with van der Waals surface area (Å²) in [6, 6.07) is 6.04. The zero-order valence-corrected chi connectivity index (χ0v) is 12.4. The van der Waals surface area contributed by atoms with Gasteiger partial charge in [0, 0.05) is 13.1 Å². The van der Waals surface area contributed by atoms with Crippen molar-refractivity contribution in [3.05, 3.63) is 42.0 Å². The molecule has 2 heterocycles. The molecule has 116 valence electrons. The fraction of sp³-hybridized carbons (Fsp3) is 0.400. The van der Waals surface area contributed by atoms with Crippen LogP contribution in [0.1, 0.15) is 23.3 Å². The number of benzene rings is 1. The second kappa shape index (κ2) is 6.23. The molecule has 3 rings (SSSR count). The first-order valence-electron chi connectivity index (χ1n) is 7.31. The Bertz CT molecular complexity index is 648. The maximum Gasteiger partial charge on any atom is 0.276 e. The van der Waals surface area contributed by atoms with Crippen LogP contribution in [0.15, 0.2) is 30.5 Å². The van der Waals surface area contributed by atoms with E-state index in [4.69, 9.17) is 0 Å². The lowest BCUT2D eigenvalue weighted by Gasteiger charge is -2.31. The van der Waals surface area contributed by atoms with Gasteiger partial charge in [-0.1, -0.05) is 0 Å². The van der Waals surface area contributed by atoms with Gasteiger partial charge in [-0.15, -0.1) is 5.10 Å². The number of piperidine rings is 1. The van der Waals surface area contributed by atoms with Crippen molar-refractivity contribution in [3.63, 3.8) is 0 Å². The van der Waals surface area contributed by atoms with Crippen LogP contribution in [0.25, 0.3) is 5.69 Å². The minimum atomic E-state index is -0.321. The number of carbonyl (C=O) groups is 1. The summed E-state index contributed by atoms with van der Waals surface area (Å²) in [6.07, 6.45) is 3.33. The van der Waals surface area contributed by atoms with Gasteiger partial charge in [-0.05, 0) is 50.2 Å². The minimum Gasteiger partial charge on any atom is -0.337 e. The maximum atomic E-state index is 12.9. The van der Waals surface area contributed by atoms with Gasteiger partial charge in [0.2, 0.25) is 0 Å². The van der Waals surface area contributed by atoms with Gasteiger partial charge in [-0.25, -0.2) is 4.39 Å². The zero-order valence-electron chi connectivity index (χ0n) is 12.4. The highest BCUT2D eigenvalue weighted by molar-refractivity contribution is 5.92. The lowest BCUT2D eigenvalue weighted by atomic mass is 10.1. The van der Waals surface area contributed by atoms with Crippen molar-refractivity contribution >= 4 is 5.91 Å².